The SMILES string of the molecule is NNc1cnccc1C(=O)NCC1CCCS1. The van der Waals surface area contributed by atoms with E-state index in [1.807, 2.05) is 11.8 Å². The summed E-state index contributed by atoms with van der Waals surface area (Å²) >= 11 is 1.92. The summed E-state index contributed by atoms with van der Waals surface area (Å²) in [4.78, 5) is 15.8. The molecule has 0 bridgehead atoms. The van der Waals surface area contributed by atoms with Crippen LogP contribution in [0.4, 0.5) is 5.69 Å². The van der Waals surface area contributed by atoms with E-state index in [9.17, 15) is 4.79 Å². The average Bonchev–Trinajstić information content (AvgIpc) is 2.89. The highest BCUT2D eigenvalue weighted by Gasteiger charge is 2.17. The Morgan fingerprint density at radius 3 is 3.24 bits per heavy atom. The van der Waals surface area contributed by atoms with Crippen molar-refractivity contribution in [1.29, 1.82) is 0 Å². The first kappa shape index (κ1) is 12.2. The maximum atomic E-state index is 11.9. The molecular formula is C11H16N4OS. The van der Waals surface area contributed by atoms with Crippen LogP contribution < -0.4 is 16.6 Å². The van der Waals surface area contributed by atoms with Gasteiger partial charge >= 0.3 is 0 Å². The summed E-state index contributed by atoms with van der Waals surface area (Å²) in [7, 11) is 0. The third kappa shape index (κ3) is 3.10. The van der Waals surface area contributed by atoms with E-state index in [4.69, 9.17) is 5.84 Å². The Hall–Kier alpha value is -1.27. The number of pyridine rings is 1. The van der Waals surface area contributed by atoms with E-state index in [1.165, 1.54) is 18.6 Å². The number of rotatable bonds is 4. The van der Waals surface area contributed by atoms with Crippen molar-refractivity contribution in [3.63, 3.8) is 0 Å². The van der Waals surface area contributed by atoms with Crippen LogP contribution in [0.1, 0.15) is 23.2 Å². The summed E-state index contributed by atoms with van der Waals surface area (Å²) in [5.74, 6) is 6.43. The number of anilines is 1. The average molecular weight is 252 g/mol. The molecule has 0 radical (unpaired) electrons. The van der Waals surface area contributed by atoms with Crippen LogP contribution in [0, 0.1) is 0 Å². The predicted octanol–water partition coefficient (Wildman–Crippen LogP) is 0.993. The summed E-state index contributed by atoms with van der Waals surface area (Å²) in [5.41, 5.74) is 3.55. The van der Waals surface area contributed by atoms with Gasteiger partial charge in [0.05, 0.1) is 17.4 Å². The zero-order valence-corrected chi connectivity index (χ0v) is 10.3. The topological polar surface area (TPSA) is 80.0 Å². The van der Waals surface area contributed by atoms with Gasteiger partial charge in [0.2, 0.25) is 0 Å². The van der Waals surface area contributed by atoms with Crippen LogP contribution in [0.2, 0.25) is 0 Å². The van der Waals surface area contributed by atoms with Crippen LogP contribution in [0.3, 0.4) is 0 Å². The van der Waals surface area contributed by atoms with Gasteiger partial charge in [-0.05, 0) is 24.7 Å². The molecule has 1 fully saturated rings. The van der Waals surface area contributed by atoms with E-state index in [-0.39, 0.29) is 5.91 Å². The van der Waals surface area contributed by atoms with Crippen molar-refractivity contribution in [2.75, 3.05) is 17.7 Å². The summed E-state index contributed by atoms with van der Waals surface area (Å²) in [5, 5.41) is 3.48. The molecule has 0 saturated carbocycles. The third-order valence-electron chi connectivity index (χ3n) is 2.74. The molecule has 17 heavy (non-hydrogen) atoms. The smallest absolute Gasteiger partial charge is 0.253 e. The molecule has 1 aromatic rings. The number of carbonyl (C=O) groups is 1. The number of nitrogens with two attached hydrogens (primary N) is 1. The number of nitrogens with zero attached hydrogens (tertiary/aromatic N) is 1. The number of amides is 1. The van der Waals surface area contributed by atoms with Crippen LogP contribution >= 0.6 is 11.8 Å². The van der Waals surface area contributed by atoms with Crippen molar-refractivity contribution in [3.05, 3.63) is 24.0 Å². The van der Waals surface area contributed by atoms with Crippen LogP contribution in [0.5, 0.6) is 0 Å². The van der Waals surface area contributed by atoms with E-state index in [0.29, 0.717) is 16.5 Å². The van der Waals surface area contributed by atoms with Crippen LogP contribution in [-0.4, -0.2) is 28.4 Å². The lowest BCUT2D eigenvalue weighted by atomic mass is 10.2. The number of nitrogens with one attached hydrogen (secondary N) is 2. The molecule has 0 spiro atoms. The van der Waals surface area contributed by atoms with Crippen LogP contribution in [0.25, 0.3) is 0 Å². The molecule has 1 atom stereocenters. The molecule has 1 aliphatic heterocycles. The summed E-state index contributed by atoms with van der Waals surface area (Å²) in [6.07, 6.45) is 5.55. The lowest BCUT2D eigenvalue weighted by Gasteiger charge is -2.12. The highest BCUT2D eigenvalue weighted by molar-refractivity contribution is 8.00. The highest BCUT2D eigenvalue weighted by atomic mass is 32.2. The summed E-state index contributed by atoms with van der Waals surface area (Å²) < 4.78 is 0. The predicted molar refractivity (Wildman–Crippen MR) is 69.9 cm³/mol. The fourth-order valence-electron chi connectivity index (χ4n) is 1.81. The van der Waals surface area contributed by atoms with Gasteiger partial charge in [-0.25, -0.2) is 0 Å². The Labute approximate surface area is 105 Å². The number of hydrazine groups is 1. The Bertz CT molecular complexity index is 393. The molecule has 2 rings (SSSR count). The number of carbonyl (C=O) groups excluding carboxylic acids is 1. The summed E-state index contributed by atoms with van der Waals surface area (Å²) in [6.45, 7) is 0.718. The molecule has 1 aliphatic rings. The molecule has 1 saturated heterocycles. The van der Waals surface area contributed by atoms with E-state index < -0.39 is 0 Å². The zero-order chi connectivity index (χ0) is 12.1. The fraction of sp³-hybridized carbons (Fsp3) is 0.455. The number of nitrogen functional groups attached to an aromatic ring is 1. The lowest BCUT2D eigenvalue weighted by molar-refractivity contribution is 0.0954. The molecule has 0 aromatic carbocycles. The van der Waals surface area contributed by atoms with Crippen molar-refractivity contribution in [2.24, 2.45) is 5.84 Å². The number of hydrogen-bond acceptors (Lipinski definition) is 5. The molecule has 2 heterocycles. The molecule has 6 heteroatoms. The van der Waals surface area contributed by atoms with E-state index in [2.05, 4.69) is 15.7 Å². The van der Waals surface area contributed by atoms with E-state index >= 15 is 0 Å². The third-order valence-corrected chi connectivity index (χ3v) is 4.13. The molecule has 5 nitrogen and oxygen atoms in total. The molecular weight excluding hydrogens is 236 g/mol. The number of hydrogen-bond donors (Lipinski definition) is 3. The van der Waals surface area contributed by atoms with Crippen LogP contribution in [-0.2, 0) is 0 Å². The summed E-state index contributed by atoms with van der Waals surface area (Å²) in [6, 6.07) is 1.66. The Morgan fingerprint density at radius 2 is 2.53 bits per heavy atom. The first-order chi connectivity index (χ1) is 8.31. The van der Waals surface area contributed by atoms with Gasteiger partial charge in [-0.2, -0.15) is 11.8 Å². The second-order valence-corrected chi connectivity index (χ2v) is 5.32. The van der Waals surface area contributed by atoms with Crippen LogP contribution in [0.15, 0.2) is 18.5 Å². The van der Waals surface area contributed by atoms with E-state index in [1.54, 1.807) is 18.5 Å². The van der Waals surface area contributed by atoms with Crippen molar-refractivity contribution >= 4 is 23.4 Å². The van der Waals surface area contributed by atoms with Crippen molar-refractivity contribution in [3.8, 4) is 0 Å². The first-order valence-corrected chi connectivity index (χ1v) is 6.66. The van der Waals surface area contributed by atoms with Gasteiger partial charge in [0.1, 0.15) is 0 Å². The second-order valence-electron chi connectivity index (χ2n) is 3.91. The first-order valence-electron chi connectivity index (χ1n) is 5.61. The minimum Gasteiger partial charge on any atom is -0.351 e. The quantitative estimate of drug-likeness (QED) is 0.550. The minimum atomic E-state index is -0.104. The Kier molecular flexibility index (Phi) is 4.22. The minimum absolute atomic E-state index is 0.104. The number of thioether (sulfide) groups is 1. The van der Waals surface area contributed by atoms with Gasteiger partial charge in [0, 0.05) is 18.0 Å². The molecule has 0 aliphatic carbocycles. The fourth-order valence-corrected chi connectivity index (χ4v) is 3.02. The van der Waals surface area contributed by atoms with Gasteiger partial charge < -0.3 is 10.7 Å². The second kappa shape index (κ2) is 5.88. The molecule has 1 amide bonds. The normalized spacial score (nSPS) is 19.0. The lowest BCUT2D eigenvalue weighted by Crippen LogP contribution is -2.30. The highest BCUT2D eigenvalue weighted by Crippen LogP contribution is 2.25. The monoisotopic (exact) mass is 252 g/mol. The maximum absolute atomic E-state index is 11.9. The number of aromatic nitrogens is 1. The van der Waals surface area contributed by atoms with Gasteiger partial charge in [0.15, 0.2) is 0 Å². The largest absolute Gasteiger partial charge is 0.351 e. The van der Waals surface area contributed by atoms with Gasteiger partial charge in [-0.15, -0.1) is 0 Å². The molecule has 1 unspecified atom stereocenters. The molecule has 92 valence electrons. The van der Waals surface area contributed by atoms with Crippen molar-refractivity contribution in [1.82, 2.24) is 10.3 Å². The van der Waals surface area contributed by atoms with Gasteiger partial charge in [-0.1, -0.05) is 0 Å². The zero-order valence-electron chi connectivity index (χ0n) is 9.48. The van der Waals surface area contributed by atoms with E-state index in [0.717, 1.165) is 6.54 Å². The standard InChI is InChI=1S/C11H16N4OS/c12-15-10-7-13-4-3-9(10)11(16)14-6-8-2-1-5-17-8/h3-4,7-8,15H,1-2,5-6,12H2,(H,14,16). The van der Waals surface area contributed by atoms with Gasteiger partial charge in [0.25, 0.3) is 5.91 Å². The molecule has 4 N–H and O–H groups in total. The Morgan fingerprint density at radius 1 is 1.65 bits per heavy atom. The van der Waals surface area contributed by atoms with Gasteiger partial charge in [-0.3, -0.25) is 15.6 Å². The Balaban J connectivity index is 1.94. The van der Waals surface area contributed by atoms with Crippen molar-refractivity contribution < 1.29 is 4.79 Å². The maximum Gasteiger partial charge on any atom is 0.253 e. The van der Waals surface area contributed by atoms with Crippen molar-refractivity contribution in [2.45, 2.75) is 18.1 Å². The molecule has 1 aromatic heterocycles.